The van der Waals surface area contributed by atoms with Gasteiger partial charge in [0.2, 0.25) is 0 Å². The Kier molecular flexibility index (Phi) is 3.70. The summed E-state index contributed by atoms with van der Waals surface area (Å²) >= 11 is 0. The molecular weight excluding hydrogens is 186 g/mol. The van der Waals surface area contributed by atoms with E-state index in [0.717, 1.165) is 0 Å². The molecule has 0 bridgehead atoms. The normalized spacial score (nSPS) is 20.9. The number of nitrogens with zero attached hydrogens (tertiary/aromatic N) is 1. The molecule has 1 atom stereocenters. The van der Waals surface area contributed by atoms with Crippen molar-refractivity contribution in [3.8, 4) is 0 Å². The average molecular weight is 201 g/mol. The van der Waals surface area contributed by atoms with Crippen molar-refractivity contribution in [2.75, 3.05) is 26.2 Å². The fraction of sp³-hybridized carbons (Fsp3) is 0.750. The lowest BCUT2D eigenvalue weighted by Gasteiger charge is -2.09. The maximum atomic E-state index is 11.3. The van der Waals surface area contributed by atoms with E-state index in [-0.39, 0.29) is 5.91 Å². The van der Waals surface area contributed by atoms with E-state index >= 15 is 0 Å². The molecule has 1 heterocycles. The number of cyclic esters (lactones) is 1. The number of rotatable bonds is 4. The molecule has 3 N–H and O–H groups in total. The van der Waals surface area contributed by atoms with Crippen LogP contribution in [-0.4, -0.2) is 49.2 Å². The Bertz CT molecular complexity index is 232. The van der Waals surface area contributed by atoms with Crippen molar-refractivity contribution in [2.45, 2.75) is 13.0 Å². The summed E-state index contributed by atoms with van der Waals surface area (Å²) in [7, 11) is 0. The van der Waals surface area contributed by atoms with Crippen LogP contribution in [-0.2, 0) is 9.53 Å². The first kappa shape index (κ1) is 10.8. The summed E-state index contributed by atoms with van der Waals surface area (Å²) in [6.07, 6.45) is -1.12. The molecule has 80 valence electrons. The molecule has 0 aromatic rings. The zero-order valence-corrected chi connectivity index (χ0v) is 8.16. The summed E-state index contributed by atoms with van der Waals surface area (Å²) in [5.74, 6) is -0.278. The molecule has 1 aliphatic rings. The smallest absolute Gasteiger partial charge is 0.410 e. The number of nitrogens with two attached hydrogens (primary N) is 1. The highest BCUT2D eigenvalue weighted by molar-refractivity contribution is 5.86. The van der Waals surface area contributed by atoms with Crippen LogP contribution in [0.1, 0.15) is 6.92 Å². The lowest BCUT2D eigenvalue weighted by molar-refractivity contribution is -0.127. The Balaban J connectivity index is 2.40. The van der Waals surface area contributed by atoms with Gasteiger partial charge in [0, 0.05) is 19.6 Å². The highest BCUT2D eigenvalue weighted by atomic mass is 16.6. The zero-order chi connectivity index (χ0) is 10.6. The molecular formula is C8H15N3O3. The number of hydrogen-bond donors (Lipinski definition) is 2. The van der Waals surface area contributed by atoms with Crippen molar-refractivity contribution in [1.82, 2.24) is 10.2 Å². The molecule has 6 nitrogen and oxygen atoms in total. The van der Waals surface area contributed by atoms with Gasteiger partial charge in [0.15, 0.2) is 6.10 Å². The van der Waals surface area contributed by atoms with Crippen molar-refractivity contribution in [3.05, 3.63) is 0 Å². The Hall–Kier alpha value is -1.30. The monoisotopic (exact) mass is 201 g/mol. The fourth-order valence-corrected chi connectivity index (χ4v) is 1.21. The van der Waals surface area contributed by atoms with E-state index in [9.17, 15) is 9.59 Å². The van der Waals surface area contributed by atoms with Crippen LogP contribution in [0.2, 0.25) is 0 Å². The summed E-state index contributed by atoms with van der Waals surface area (Å²) in [6, 6.07) is 0. The third-order valence-corrected chi connectivity index (χ3v) is 2.01. The van der Waals surface area contributed by atoms with Crippen molar-refractivity contribution >= 4 is 12.0 Å². The third kappa shape index (κ3) is 2.35. The lowest BCUT2D eigenvalue weighted by atomic mass is 10.3. The first-order valence-corrected chi connectivity index (χ1v) is 4.62. The quantitative estimate of drug-likeness (QED) is 0.604. The number of likely N-dealkylation sites (N-methyl/N-ethyl adjacent to an activating group) is 1. The van der Waals surface area contributed by atoms with E-state index in [0.29, 0.717) is 26.2 Å². The lowest BCUT2D eigenvalue weighted by Crippen LogP contribution is -2.39. The van der Waals surface area contributed by atoms with E-state index in [2.05, 4.69) is 5.32 Å². The minimum absolute atomic E-state index is 0.278. The molecule has 0 radical (unpaired) electrons. The number of hydrogen-bond acceptors (Lipinski definition) is 4. The van der Waals surface area contributed by atoms with E-state index < -0.39 is 12.2 Å². The second-order valence-corrected chi connectivity index (χ2v) is 2.99. The van der Waals surface area contributed by atoms with Crippen LogP contribution in [0, 0.1) is 0 Å². The highest BCUT2D eigenvalue weighted by Crippen LogP contribution is 2.10. The van der Waals surface area contributed by atoms with E-state index in [1.165, 1.54) is 4.90 Å². The van der Waals surface area contributed by atoms with Gasteiger partial charge in [0.05, 0.1) is 6.54 Å². The first-order valence-electron chi connectivity index (χ1n) is 4.62. The minimum Gasteiger partial charge on any atom is -0.434 e. The predicted molar refractivity (Wildman–Crippen MR) is 49.6 cm³/mol. The van der Waals surface area contributed by atoms with Crippen molar-refractivity contribution in [2.24, 2.45) is 5.73 Å². The average Bonchev–Trinajstić information content (AvgIpc) is 2.56. The number of ether oxygens (including phenoxy) is 1. The highest BCUT2D eigenvalue weighted by Gasteiger charge is 2.34. The number of amides is 2. The van der Waals surface area contributed by atoms with Gasteiger partial charge in [-0.15, -0.1) is 0 Å². The van der Waals surface area contributed by atoms with Gasteiger partial charge in [-0.2, -0.15) is 0 Å². The first-order chi connectivity index (χ1) is 6.69. The van der Waals surface area contributed by atoms with Crippen LogP contribution in [0.5, 0.6) is 0 Å². The van der Waals surface area contributed by atoms with Crippen LogP contribution in [0.15, 0.2) is 0 Å². The van der Waals surface area contributed by atoms with Crippen LogP contribution < -0.4 is 11.1 Å². The SMILES string of the molecule is CCN1CC(C(=O)NCCN)OC1=O. The van der Waals surface area contributed by atoms with E-state index in [4.69, 9.17) is 10.5 Å². The molecule has 0 spiro atoms. The number of carbonyl (C=O) groups excluding carboxylic acids is 2. The Labute approximate surface area is 82.4 Å². The van der Waals surface area contributed by atoms with Gasteiger partial charge in [0.25, 0.3) is 5.91 Å². The molecule has 1 rings (SSSR count). The van der Waals surface area contributed by atoms with E-state index in [1.807, 2.05) is 6.92 Å². The summed E-state index contributed by atoms with van der Waals surface area (Å²) in [4.78, 5) is 23.9. The minimum atomic E-state index is -0.686. The summed E-state index contributed by atoms with van der Waals surface area (Å²) < 4.78 is 4.86. The van der Waals surface area contributed by atoms with Crippen LogP contribution in [0.3, 0.4) is 0 Å². The van der Waals surface area contributed by atoms with Gasteiger partial charge in [-0.25, -0.2) is 4.79 Å². The maximum absolute atomic E-state index is 11.3. The van der Waals surface area contributed by atoms with Crippen LogP contribution in [0.4, 0.5) is 4.79 Å². The Morgan fingerprint density at radius 2 is 2.50 bits per heavy atom. The second-order valence-electron chi connectivity index (χ2n) is 2.99. The molecule has 14 heavy (non-hydrogen) atoms. The summed E-state index contributed by atoms with van der Waals surface area (Å²) in [5.41, 5.74) is 5.22. The van der Waals surface area contributed by atoms with Gasteiger partial charge in [-0.3, -0.25) is 4.79 Å². The molecule has 0 aliphatic carbocycles. The molecule has 1 aliphatic heterocycles. The maximum Gasteiger partial charge on any atom is 0.410 e. The largest absolute Gasteiger partial charge is 0.434 e. The second kappa shape index (κ2) is 4.80. The van der Waals surface area contributed by atoms with Crippen molar-refractivity contribution in [1.29, 1.82) is 0 Å². The third-order valence-electron chi connectivity index (χ3n) is 2.01. The van der Waals surface area contributed by atoms with E-state index in [1.54, 1.807) is 0 Å². The topological polar surface area (TPSA) is 84.7 Å². The van der Waals surface area contributed by atoms with Crippen molar-refractivity contribution in [3.63, 3.8) is 0 Å². The molecule has 1 saturated heterocycles. The molecule has 6 heteroatoms. The number of nitrogens with one attached hydrogen (secondary N) is 1. The molecule has 1 unspecified atom stereocenters. The number of carbonyl (C=O) groups is 2. The molecule has 0 aromatic heterocycles. The summed E-state index contributed by atoms with van der Waals surface area (Å²) in [5, 5.41) is 2.57. The van der Waals surface area contributed by atoms with Gasteiger partial charge < -0.3 is 20.7 Å². The Morgan fingerprint density at radius 1 is 1.79 bits per heavy atom. The molecule has 2 amide bonds. The standard InChI is InChI=1S/C8H15N3O3/c1-2-11-5-6(14-8(11)13)7(12)10-4-3-9/h6H,2-5,9H2,1H3,(H,10,12). The van der Waals surface area contributed by atoms with Gasteiger partial charge in [0.1, 0.15) is 0 Å². The molecule has 1 fully saturated rings. The Morgan fingerprint density at radius 3 is 3.00 bits per heavy atom. The van der Waals surface area contributed by atoms with Crippen molar-refractivity contribution < 1.29 is 14.3 Å². The van der Waals surface area contributed by atoms with Crippen LogP contribution >= 0.6 is 0 Å². The predicted octanol–water partition coefficient (Wildman–Crippen LogP) is -1.10. The van der Waals surface area contributed by atoms with Gasteiger partial charge in [-0.05, 0) is 6.92 Å². The fourth-order valence-electron chi connectivity index (χ4n) is 1.21. The van der Waals surface area contributed by atoms with Crippen LogP contribution in [0.25, 0.3) is 0 Å². The summed E-state index contributed by atoms with van der Waals surface area (Å²) in [6.45, 7) is 3.50. The van der Waals surface area contributed by atoms with Gasteiger partial charge >= 0.3 is 6.09 Å². The zero-order valence-electron chi connectivity index (χ0n) is 8.16. The molecule has 0 aromatic carbocycles. The van der Waals surface area contributed by atoms with Gasteiger partial charge in [-0.1, -0.05) is 0 Å². The molecule has 0 saturated carbocycles.